The summed E-state index contributed by atoms with van der Waals surface area (Å²) in [7, 11) is 0. The van der Waals surface area contributed by atoms with Crippen molar-refractivity contribution in [3.63, 3.8) is 0 Å². The Balaban J connectivity index is 2.18. The highest BCUT2D eigenvalue weighted by atomic mass is 19.1. The van der Waals surface area contributed by atoms with Crippen LogP contribution in [0.2, 0.25) is 0 Å². The van der Waals surface area contributed by atoms with Crippen LogP contribution in [0.1, 0.15) is 36.5 Å². The van der Waals surface area contributed by atoms with Gasteiger partial charge >= 0.3 is 5.97 Å². The van der Waals surface area contributed by atoms with E-state index in [1.54, 1.807) is 54.6 Å². The van der Waals surface area contributed by atoms with Crippen LogP contribution in [0.3, 0.4) is 0 Å². The van der Waals surface area contributed by atoms with Crippen LogP contribution in [-0.4, -0.2) is 27.9 Å². The molecule has 6 heteroatoms. The molecule has 0 atom stereocenters. The van der Waals surface area contributed by atoms with Crippen molar-refractivity contribution in [2.24, 2.45) is 0 Å². The molecule has 5 nitrogen and oxygen atoms in total. The Kier molecular flexibility index (Phi) is 6.92. The molecule has 0 aliphatic heterocycles. The summed E-state index contributed by atoms with van der Waals surface area (Å²) < 4.78 is 19.7. The predicted octanol–water partition coefficient (Wildman–Crippen LogP) is 5.46. The number of carboxylic acid groups (broad SMARTS) is 1. The molecule has 0 aliphatic rings. The summed E-state index contributed by atoms with van der Waals surface area (Å²) in [5.41, 5.74) is 4.03. The Morgan fingerprint density at radius 2 is 1.39 bits per heavy atom. The molecule has 0 saturated carbocycles. The molecule has 0 aromatic heterocycles. The second-order valence-corrected chi connectivity index (χ2v) is 7.02. The van der Waals surface area contributed by atoms with Gasteiger partial charge in [-0.25, -0.2) is 9.18 Å². The maximum absolute atomic E-state index is 14.7. The average Bonchev–Trinajstić information content (AvgIpc) is 2.75. The Bertz CT molecular complexity index is 1040. The maximum Gasteiger partial charge on any atom is 0.341 e. The number of phenolic OH excluding ortho intramolecular Hbond substituents is 2. The number of halogens is 1. The van der Waals surface area contributed by atoms with E-state index < -0.39 is 18.4 Å². The highest BCUT2D eigenvalue weighted by Gasteiger charge is 2.16. The van der Waals surface area contributed by atoms with Gasteiger partial charge in [0.15, 0.2) is 18.2 Å². The number of aromatic hydroxyl groups is 2. The monoisotopic (exact) mass is 422 g/mol. The van der Waals surface area contributed by atoms with Gasteiger partial charge in [-0.05, 0) is 70.7 Å². The van der Waals surface area contributed by atoms with E-state index in [4.69, 9.17) is 9.84 Å². The number of ether oxygens (including phenoxy) is 1. The van der Waals surface area contributed by atoms with Crippen LogP contribution in [0.15, 0.2) is 66.7 Å². The third-order valence-corrected chi connectivity index (χ3v) is 4.75. The smallest absolute Gasteiger partial charge is 0.341 e. The number of carboxylic acids is 1. The molecule has 0 bridgehead atoms. The zero-order valence-corrected chi connectivity index (χ0v) is 17.0. The molecule has 0 aliphatic carbocycles. The van der Waals surface area contributed by atoms with E-state index in [1.165, 1.54) is 12.1 Å². The Labute approximate surface area is 179 Å². The maximum atomic E-state index is 14.7. The minimum absolute atomic E-state index is 0.127. The summed E-state index contributed by atoms with van der Waals surface area (Å²) in [5.74, 6) is -1.69. The van der Waals surface area contributed by atoms with E-state index in [-0.39, 0.29) is 17.2 Å². The van der Waals surface area contributed by atoms with Gasteiger partial charge in [0.1, 0.15) is 11.5 Å². The van der Waals surface area contributed by atoms with Crippen molar-refractivity contribution in [2.45, 2.75) is 19.8 Å². The Hall–Kier alpha value is -3.80. The first kappa shape index (κ1) is 21.9. The lowest BCUT2D eigenvalue weighted by atomic mass is 9.87. The molecule has 3 aromatic carbocycles. The van der Waals surface area contributed by atoms with Crippen LogP contribution in [0.5, 0.6) is 17.2 Å². The van der Waals surface area contributed by atoms with Crippen molar-refractivity contribution < 1.29 is 29.2 Å². The first-order valence-corrected chi connectivity index (χ1v) is 9.85. The number of phenols is 2. The predicted molar refractivity (Wildman–Crippen MR) is 117 cm³/mol. The van der Waals surface area contributed by atoms with Crippen molar-refractivity contribution in [3.8, 4) is 17.2 Å². The molecule has 0 fully saturated rings. The van der Waals surface area contributed by atoms with Crippen LogP contribution in [0.4, 0.5) is 4.39 Å². The number of carbonyl (C=O) groups is 1. The molecule has 0 heterocycles. The van der Waals surface area contributed by atoms with Crippen molar-refractivity contribution in [1.29, 1.82) is 0 Å². The summed E-state index contributed by atoms with van der Waals surface area (Å²) in [6.45, 7) is 1.39. The molecule has 0 spiro atoms. The summed E-state index contributed by atoms with van der Waals surface area (Å²) in [5, 5.41) is 28.2. The zero-order valence-electron chi connectivity index (χ0n) is 17.0. The second-order valence-electron chi connectivity index (χ2n) is 7.02. The van der Waals surface area contributed by atoms with Crippen LogP contribution in [-0.2, 0) is 4.79 Å². The van der Waals surface area contributed by atoms with Gasteiger partial charge in [-0.2, -0.15) is 0 Å². The van der Waals surface area contributed by atoms with Gasteiger partial charge in [-0.3, -0.25) is 0 Å². The fourth-order valence-electron chi connectivity index (χ4n) is 3.38. The summed E-state index contributed by atoms with van der Waals surface area (Å²) in [6, 6.07) is 17.9. The SMILES string of the molecule is CCCC(=C(c1ccc(O)cc1)c1ccc(O)cc1)c1ccc(OCC(=O)O)c(F)c1. The minimum Gasteiger partial charge on any atom is -0.508 e. The number of rotatable bonds is 8. The summed E-state index contributed by atoms with van der Waals surface area (Å²) in [4.78, 5) is 10.7. The number of hydrogen-bond donors (Lipinski definition) is 3. The molecule has 0 unspecified atom stereocenters. The van der Waals surface area contributed by atoms with E-state index >= 15 is 0 Å². The molecule has 3 rings (SSSR count). The summed E-state index contributed by atoms with van der Waals surface area (Å²) in [6.07, 6.45) is 1.44. The van der Waals surface area contributed by atoms with E-state index in [9.17, 15) is 19.4 Å². The number of hydrogen-bond acceptors (Lipinski definition) is 4. The fraction of sp³-hybridized carbons (Fsp3) is 0.160. The van der Waals surface area contributed by atoms with E-state index in [2.05, 4.69) is 0 Å². The number of allylic oxidation sites excluding steroid dienone is 1. The van der Waals surface area contributed by atoms with Gasteiger partial charge in [0.25, 0.3) is 0 Å². The van der Waals surface area contributed by atoms with Crippen molar-refractivity contribution >= 4 is 17.1 Å². The third-order valence-electron chi connectivity index (χ3n) is 4.75. The molecule has 0 radical (unpaired) electrons. The van der Waals surface area contributed by atoms with Crippen LogP contribution in [0.25, 0.3) is 11.1 Å². The lowest BCUT2D eigenvalue weighted by Crippen LogP contribution is -2.10. The van der Waals surface area contributed by atoms with E-state index in [0.717, 1.165) is 28.7 Å². The molecular weight excluding hydrogens is 399 g/mol. The molecule has 3 N–H and O–H groups in total. The summed E-state index contributed by atoms with van der Waals surface area (Å²) >= 11 is 0. The fourth-order valence-corrected chi connectivity index (χ4v) is 3.38. The Morgan fingerprint density at radius 1 is 0.871 bits per heavy atom. The number of benzene rings is 3. The average molecular weight is 422 g/mol. The van der Waals surface area contributed by atoms with Crippen LogP contribution >= 0.6 is 0 Å². The van der Waals surface area contributed by atoms with Gasteiger partial charge in [0.2, 0.25) is 0 Å². The molecule has 160 valence electrons. The highest BCUT2D eigenvalue weighted by molar-refractivity contribution is 5.98. The Morgan fingerprint density at radius 3 is 1.84 bits per heavy atom. The van der Waals surface area contributed by atoms with Crippen molar-refractivity contribution in [1.82, 2.24) is 0 Å². The molecule has 0 saturated heterocycles. The lowest BCUT2D eigenvalue weighted by molar-refractivity contribution is -0.139. The van der Waals surface area contributed by atoms with E-state index in [1.807, 2.05) is 6.92 Å². The van der Waals surface area contributed by atoms with Gasteiger partial charge in [0, 0.05) is 0 Å². The number of aliphatic carboxylic acids is 1. The van der Waals surface area contributed by atoms with Gasteiger partial charge in [-0.1, -0.05) is 43.7 Å². The normalized spacial score (nSPS) is 10.5. The van der Waals surface area contributed by atoms with Crippen molar-refractivity contribution in [3.05, 3.63) is 89.2 Å². The standard InChI is InChI=1S/C25H23FO5/c1-2-3-21(18-8-13-23(22(26)14-18)31-15-24(29)30)25(16-4-9-19(27)10-5-16)17-6-11-20(28)12-7-17/h4-14,27-28H,2-3,15H2,1H3,(H,29,30). The van der Waals surface area contributed by atoms with Crippen LogP contribution in [0, 0.1) is 5.82 Å². The van der Waals surface area contributed by atoms with Gasteiger partial charge in [-0.15, -0.1) is 0 Å². The lowest BCUT2D eigenvalue weighted by Gasteiger charge is -2.18. The largest absolute Gasteiger partial charge is 0.508 e. The topological polar surface area (TPSA) is 87.0 Å². The zero-order chi connectivity index (χ0) is 22.4. The first-order valence-electron chi connectivity index (χ1n) is 9.85. The minimum atomic E-state index is -1.18. The van der Waals surface area contributed by atoms with Gasteiger partial charge < -0.3 is 20.1 Å². The van der Waals surface area contributed by atoms with Gasteiger partial charge in [0.05, 0.1) is 0 Å². The second kappa shape index (κ2) is 9.80. The van der Waals surface area contributed by atoms with Crippen LogP contribution < -0.4 is 4.74 Å². The molecule has 3 aromatic rings. The van der Waals surface area contributed by atoms with Crippen molar-refractivity contribution in [2.75, 3.05) is 6.61 Å². The molecule has 0 amide bonds. The van der Waals surface area contributed by atoms with E-state index in [0.29, 0.717) is 12.0 Å². The highest BCUT2D eigenvalue weighted by Crippen LogP contribution is 2.37. The molecular formula is C25H23FO5. The first-order chi connectivity index (χ1) is 14.9. The quantitative estimate of drug-likeness (QED) is 0.420. The molecule has 31 heavy (non-hydrogen) atoms. The third kappa shape index (κ3) is 5.42.